The number of ether oxygens (including phenoxy) is 1. The predicted octanol–water partition coefficient (Wildman–Crippen LogP) is 2.86. The molecule has 2 aromatic rings. The Kier molecular flexibility index (Phi) is 3.59. The summed E-state index contributed by atoms with van der Waals surface area (Å²) in [5.74, 6) is 0.724. The van der Waals surface area contributed by atoms with E-state index in [9.17, 15) is 0 Å². The number of nitrogens with zero attached hydrogens (tertiary/aromatic N) is 2. The van der Waals surface area contributed by atoms with Gasteiger partial charge < -0.3 is 10.5 Å². The van der Waals surface area contributed by atoms with Gasteiger partial charge in [0.2, 0.25) is 0 Å². The van der Waals surface area contributed by atoms with E-state index in [0.717, 1.165) is 22.7 Å². The zero-order valence-corrected chi connectivity index (χ0v) is 11.4. The van der Waals surface area contributed by atoms with Gasteiger partial charge in [0, 0.05) is 22.3 Å². The van der Waals surface area contributed by atoms with E-state index < -0.39 is 0 Å². The van der Waals surface area contributed by atoms with Gasteiger partial charge in [0.15, 0.2) is 0 Å². The van der Waals surface area contributed by atoms with Gasteiger partial charge in [0.25, 0.3) is 0 Å². The lowest BCUT2D eigenvalue weighted by molar-refractivity contribution is 0.411. The molecule has 2 N–H and O–H groups in total. The van der Waals surface area contributed by atoms with Gasteiger partial charge in [0.1, 0.15) is 11.4 Å². The summed E-state index contributed by atoms with van der Waals surface area (Å²) >= 11 is 6.02. The molecule has 2 rings (SSSR count). The van der Waals surface area contributed by atoms with Crippen molar-refractivity contribution >= 4 is 11.6 Å². The molecule has 0 saturated carbocycles. The summed E-state index contributed by atoms with van der Waals surface area (Å²) < 4.78 is 7.12. The number of aromatic nitrogens is 2. The van der Waals surface area contributed by atoms with Crippen LogP contribution in [0.4, 0.5) is 0 Å². The van der Waals surface area contributed by atoms with Crippen LogP contribution in [0.15, 0.2) is 24.4 Å². The average molecular weight is 266 g/mol. The van der Waals surface area contributed by atoms with Crippen molar-refractivity contribution in [2.24, 2.45) is 5.73 Å². The maximum atomic E-state index is 6.02. The number of hydrogen-bond donors (Lipinski definition) is 1. The van der Waals surface area contributed by atoms with Crippen LogP contribution in [-0.2, 0) is 0 Å². The molecule has 0 saturated heterocycles. The molecule has 4 nitrogen and oxygen atoms in total. The average Bonchev–Trinajstić information content (AvgIpc) is 2.71. The monoisotopic (exact) mass is 265 g/mol. The van der Waals surface area contributed by atoms with Crippen LogP contribution in [0.1, 0.15) is 24.2 Å². The summed E-state index contributed by atoms with van der Waals surface area (Å²) in [7, 11) is 1.62. The number of rotatable bonds is 3. The Bertz CT molecular complexity index is 563. The van der Waals surface area contributed by atoms with Crippen molar-refractivity contribution in [3.05, 3.63) is 40.7 Å². The molecule has 0 aliphatic carbocycles. The Labute approximate surface area is 111 Å². The smallest absolute Gasteiger partial charge is 0.144 e. The summed E-state index contributed by atoms with van der Waals surface area (Å²) in [5, 5.41) is 5.00. The third-order valence-electron chi connectivity index (χ3n) is 2.91. The molecule has 0 bridgehead atoms. The quantitative estimate of drug-likeness (QED) is 0.928. The molecule has 0 aliphatic rings. The van der Waals surface area contributed by atoms with E-state index in [1.165, 1.54) is 0 Å². The van der Waals surface area contributed by atoms with E-state index in [1.54, 1.807) is 24.1 Å². The minimum Gasteiger partial charge on any atom is -0.494 e. The lowest BCUT2D eigenvalue weighted by Gasteiger charge is -2.11. The minimum absolute atomic E-state index is 0.0519. The summed E-state index contributed by atoms with van der Waals surface area (Å²) in [6.45, 7) is 3.91. The first kappa shape index (κ1) is 12.9. The third kappa shape index (κ3) is 2.21. The molecule has 0 aliphatic heterocycles. The molecule has 0 fully saturated rings. The molecule has 1 aromatic carbocycles. The van der Waals surface area contributed by atoms with Gasteiger partial charge in [-0.3, -0.25) is 0 Å². The number of methoxy groups -OCH3 is 1. The van der Waals surface area contributed by atoms with Crippen molar-refractivity contribution in [2.75, 3.05) is 7.11 Å². The number of nitrogens with two attached hydrogens (primary N) is 1. The van der Waals surface area contributed by atoms with E-state index in [2.05, 4.69) is 5.10 Å². The molecule has 0 radical (unpaired) electrons. The predicted molar refractivity (Wildman–Crippen MR) is 72.5 cm³/mol. The van der Waals surface area contributed by atoms with Gasteiger partial charge >= 0.3 is 0 Å². The molecule has 1 unspecified atom stereocenters. The molecule has 1 atom stereocenters. The van der Waals surface area contributed by atoms with E-state index in [0.29, 0.717) is 5.02 Å². The Balaban J connectivity index is 2.58. The second-order valence-electron chi connectivity index (χ2n) is 4.20. The molecule has 0 spiro atoms. The molecular weight excluding hydrogens is 250 g/mol. The third-order valence-corrected chi connectivity index (χ3v) is 3.14. The molecule has 96 valence electrons. The standard InChI is InChI=1S/C13H16ClN3O/c1-8(15)11-7-16-17(9(11)2)12-6-10(14)4-5-13(12)18-3/h4-8H,15H2,1-3H3. The van der Waals surface area contributed by atoms with Crippen molar-refractivity contribution in [2.45, 2.75) is 19.9 Å². The highest BCUT2D eigenvalue weighted by atomic mass is 35.5. The van der Waals surface area contributed by atoms with Gasteiger partial charge in [-0.25, -0.2) is 4.68 Å². The molecule has 1 heterocycles. The maximum absolute atomic E-state index is 6.02. The Morgan fingerprint density at radius 2 is 2.17 bits per heavy atom. The fourth-order valence-corrected chi connectivity index (χ4v) is 2.11. The van der Waals surface area contributed by atoms with Crippen molar-refractivity contribution in [3.8, 4) is 11.4 Å². The second-order valence-corrected chi connectivity index (χ2v) is 4.64. The van der Waals surface area contributed by atoms with Crippen LogP contribution in [0.25, 0.3) is 5.69 Å². The van der Waals surface area contributed by atoms with Crippen molar-refractivity contribution in [3.63, 3.8) is 0 Å². The van der Waals surface area contributed by atoms with Crippen LogP contribution in [0, 0.1) is 6.92 Å². The first-order valence-corrected chi connectivity index (χ1v) is 6.06. The van der Waals surface area contributed by atoms with Crippen LogP contribution in [0.3, 0.4) is 0 Å². The fourth-order valence-electron chi connectivity index (χ4n) is 1.94. The molecule has 18 heavy (non-hydrogen) atoms. The van der Waals surface area contributed by atoms with Gasteiger partial charge in [-0.2, -0.15) is 5.10 Å². The fraction of sp³-hybridized carbons (Fsp3) is 0.308. The summed E-state index contributed by atoms with van der Waals surface area (Å²) in [6, 6.07) is 5.38. The van der Waals surface area contributed by atoms with Crippen LogP contribution < -0.4 is 10.5 Å². The van der Waals surface area contributed by atoms with Crippen molar-refractivity contribution < 1.29 is 4.74 Å². The number of halogens is 1. The number of benzene rings is 1. The zero-order chi connectivity index (χ0) is 13.3. The van der Waals surface area contributed by atoms with E-state index in [1.807, 2.05) is 26.0 Å². The maximum Gasteiger partial charge on any atom is 0.144 e. The molecule has 5 heteroatoms. The highest BCUT2D eigenvalue weighted by molar-refractivity contribution is 6.30. The van der Waals surface area contributed by atoms with Gasteiger partial charge in [-0.05, 0) is 32.0 Å². The van der Waals surface area contributed by atoms with Crippen LogP contribution in [-0.4, -0.2) is 16.9 Å². The van der Waals surface area contributed by atoms with Gasteiger partial charge in [-0.1, -0.05) is 11.6 Å². The molecular formula is C13H16ClN3O. The Morgan fingerprint density at radius 1 is 1.44 bits per heavy atom. The van der Waals surface area contributed by atoms with Crippen molar-refractivity contribution in [1.29, 1.82) is 0 Å². The lowest BCUT2D eigenvalue weighted by atomic mass is 10.1. The molecule has 0 amide bonds. The van der Waals surface area contributed by atoms with Crippen LogP contribution in [0.2, 0.25) is 5.02 Å². The second kappa shape index (κ2) is 5.00. The highest BCUT2D eigenvalue weighted by Gasteiger charge is 2.14. The van der Waals surface area contributed by atoms with E-state index >= 15 is 0 Å². The Morgan fingerprint density at radius 3 is 2.72 bits per heavy atom. The van der Waals surface area contributed by atoms with Crippen LogP contribution in [0.5, 0.6) is 5.75 Å². The van der Waals surface area contributed by atoms with E-state index in [-0.39, 0.29) is 6.04 Å². The zero-order valence-electron chi connectivity index (χ0n) is 10.6. The summed E-state index contributed by atoms with van der Waals surface area (Å²) in [4.78, 5) is 0. The van der Waals surface area contributed by atoms with Gasteiger partial charge in [-0.15, -0.1) is 0 Å². The normalized spacial score (nSPS) is 12.5. The molecule has 1 aromatic heterocycles. The Hall–Kier alpha value is -1.52. The SMILES string of the molecule is COc1ccc(Cl)cc1-n1ncc(C(C)N)c1C. The van der Waals surface area contributed by atoms with Crippen LogP contribution >= 0.6 is 11.6 Å². The highest BCUT2D eigenvalue weighted by Crippen LogP contribution is 2.28. The summed E-state index contributed by atoms with van der Waals surface area (Å²) in [6.07, 6.45) is 1.78. The number of hydrogen-bond acceptors (Lipinski definition) is 3. The lowest BCUT2D eigenvalue weighted by Crippen LogP contribution is -2.07. The largest absolute Gasteiger partial charge is 0.494 e. The first-order valence-electron chi connectivity index (χ1n) is 5.68. The first-order chi connectivity index (χ1) is 8.54. The topological polar surface area (TPSA) is 53.1 Å². The minimum atomic E-state index is -0.0519. The van der Waals surface area contributed by atoms with Crippen molar-refractivity contribution in [1.82, 2.24) is 9.78 Å². The summed E-state index contributed by atoms with van der Waals surface area (Å²) in [5.41, 5.74) is 8.71. The van der Waals surface area contributed by atoms with Gasteiger partial charge in [0.05, 0.1) is 13.3 Å². The van der Waals surface area contributed by atoms with E-state index in [4.69, 9.17) is 22.1 Å².